The van der Waals surface area contributed by atoms with Crippen LogP contribution in [0.5, 0.6) is 5.75 Å². The maximum Gasteiger partial charge on any atom is 0.262 e. The number of benzene rings is 3. The van der Waals surface area contributed by atoms with E-state index in [9.17, 15) is 14.0 Å². The van der Waals surface area contributed by atoms with E-state index in [1.54, 1.807) is 24.3 Å². The Morgan fingerprint density at radius 1 is 1.08 bits per heavy atom. The molecule has 2 aliphatic rings. The molecule has 0 aromatic heterocycles. The van der Waals surface area contributed by atoms with Gasteiger partial charge in [-0.25, -0.2) is 9.40 Å². The minimum atomic E-state index is -0.641. The van der Waals surface area contributed by atoms with Gasteiger partial charge in [0.05, 0.1) is 18.9 Å². The Balaban J connectivity index is 1.34. The summed E-state index contributed by atoms with van der Waals surface area (Å²) in [5.74, 6) is -0.201. The molecule has 0 saturated heterocycles. The number of ether oxygens (including phenoxy) is 1. The summed E-state index contributed by atoms with van der Waals surface area (Å²) in [5, 5.41) is 9.22. The van der Waals surface area contributed by atoms with E-state index < -0.39 is 5.25 Å². The van der Waals surface area contributed by atoms with Gasteiger partial charge in [0.2, 0.25) is 5.91 Å². The van der Waals surface area contributed by atoms with Crippen molar-refractivity contribution in [3.63, 3.8) is 0 Å². The number of nitrogens with one attached hydrogen (secondary N) is 1. The van der Waals surface area contributed by atoms with Crippen molar-refractivity contribution in [2.75, 3.05) is 12.4 Å². The Bertz CT molecular complexity index is 1440. The summed E-state index contributed by atoms with van der Waals surface area (Å²) >= 11 is 1.24. The Morgan fingerprint density at radius 3 is 2.50 bits per heavy atom. The molecule has 194 valence electrons. The molecule has 0 fully saturated rings. The maximum atomic E-state index is 13.5. The lowest BCUT2D eigenvalue weighted by Crippen LogP contribution is -2.25. The van der Waals surface area contributed by atoms with Crippen molar-refractivity contribution in [1.29, 1.82) is 0 Å². The number of aryl methyl sites for hydroxylation is 2. The molecule has 2 atom stereocenters. The maximum absolute atomic E-state index is 13.5. The van der Waals surface area contributed by atoms with Crippen molar-refractivity contribution in [3.8, 4) is 5.75 Å². The molecular formula is C29H27FN4O3S. The number of amidine groups is 1. The number of rotatable bonds is 6. The quantitative estimate of drug-likeness (QED) is 0.447. The van der Waals surface area contributed by atoms with Gasteiger partial charge in [0.25, 0.3) is 5.91 Å². The number of thioether (sulfide) groups is 1. The Kier molecular flexibility index (Phi) is 7.28. The normalized spacial score (nSPS) is 18.8. The van der Waals surface area contributed by atoms with E-state index in [4.69, 9.17) is 9.84 Å². The zero-order valence-electron chi connectivity index (χ0n) is 21.3. The largest absolute Gasteiger partial charge is 0.497 e. The first-order valence-electron chi connectivity index (χ1n) is 12.2. The molecule has 0 radical (unpaired) electrons. The standard InChI is InChI=1S/C29H27FN4O3S/c1-17-4-11-22(14-18(17)2)31-27(35)16-26-28(36)32-29(38-26)34-25(20-7-12-23(37-3)13-8-20)15-24(33-34)19-5-9-21(30)10-6-19/h4-14,25-26H,15-16H2,1-3H3,(H,31,35)/t25-,26-/m1/s1. The lowest BCUT2D eigenvalue weighted by molar-refractivity contribution is -0.121. The number of carbonyl (C=O) groups excluding carboxylic acids is 2. The summed E-state index contributed by atoms with van der Waals surface area (Å²) in [5.41, 5.74) is 5.44. The molecular weight excluding hydrogens is 503 g/mol. The highest BCUT2D eigenvalue weighted by molar-refractivity contribution is 8.15. The Hall–Kier alpha value is -3.98. The fourth-order valence-corrected chi connectivity index (χ4v) is 5.45. The van der Waals surface area contributed by atoms with Crippen LogP contribution in [0.4, 0.5) is 10.1 Å². The Labute approximate surface area is 224 Å². The molecule has 3 aromatic rings. The smallest absolute Gasteiger partial charge is 0.262 e. The first-order valence-corrected chi connectivity index (χ1v) is 13.1. The fraction of sp³-hybridized carbons (Fsp3) is 0.241. The van der Waals surface area contributed by atoms with Gasteiger partial charge in [-0.2, -0.15) is 10.1 Å². The van der Waals surface area contributed by atoms with Gasteiger partial charge in [-0.05, 0) is 72.5 Å². The number of nitrogens with zero attached hydrogens (tertiary/aromatic N) is 3. The van der Waals surface area contributed by atoms with Crippen LogP contribution < -0.4 is 10.1 Å². The minimum absolute atomic E-state index is 0.000992. The van der Waals surface area contributed by atoms with E-state index >= 15 is 0 Å². The molecule has 2 heterocycles. The van der Waals surface area contributed by atoms with Gasteiger partial charge >= 0.3 is 0 Å². The molecule has 2 aliphatic heterocycles. The van der Waals surface area contributed by atoms with Crippen LogP contribution in [-0.4, -0.2) is 40.1 Å². The number of amides is 2. The number of hydrazone groups is 1. The van der Waals surface area contributed by atoms with Crippen LogP contribution in [0.3, 0.4) is 0 Å². The Morgan fingerprint density at radius 2 is 1.82 bits per heavy atom. The number of methoxy groups -OCH3 is 1. The van der Waals surface area contributed by atoms with E-state index in [1.807, 2.05) is 56.3 Å². The molecule has 0 unspecified atom stereocenters. The van der Waals surface area contributed by atoms with Crippen molar-refractivity contribution in [2.45, 2.75) is 38.0 Å². The van der Waals surface area contributed by atoms with Crippen molar-refractivity contribution in [3.05, 3.63) is 94.8 Å². The number of halogens is 1. The summed E-state index contributed by atoms with van der Waals surface area (Å²) in [6.45, 7) is 3.99. The van der Waals surface area contributed by atoms with Crippen LogP contribution in [0.1, 0.15) is 41.1 Å². The van der Waals surface area contributed by atoms with Crippen molar-refractivity contribution in [2.24, 2.45) is 10.1 Å². The second kappa shape index (κ2) is 10.8. The van der Waals surface area contributed by atoms with E-state index in [0.717, 1.165) is 33.7 Å². The van der Waals surface area contributed by atoms with Gasteiger partial charge in [0.1, 0.15) is 16.8 Å². The fourth-order valence-electron chi connectivity index (χ4n) is 4.39. The number of hydrogen-bond donors (Lipinski definition) is 1. The third-order valence-corrected chi connectivity index (χ3v) is 7.82. The predicted octanol–water partition coefficient (Wildman–Crippen LogP) is 5.63. The molecule has 5 rings (SSSR count). The zero-order chi connectivity index (χ0) is 26.8. The van der Waals surface area contributed by atoms with Crippen molar-refractivity contribution in [1.82, 2.24) is 5.01 Å². The van der Waals surface area contributed by atoms with Gasteiger partial charge in [0.15, 0.2) is 5.17 Å². The van der Waals surface area contributed by atoms with Crippen molar-refractivity contribution >= 4 is 40.1 Å². The average molecular weight is 531 g/mol. The second-order valence-corrected chi connectivity index (χ2v) is 10.5. The lowest BCUT2D eigenvalue weighted by Gasteiger charge is -2.23. The summed E-state index contributed by atoms with van der Waals surface area (Å²) in [6.07, 6.45) is 0.544. The van der Waals surface area contributed by atoms with E-state index in [-0.39, 0.29) is 30.1 Å². The molecule has 0 aliphatic carbocycles. The van der Waals surface area contributed by atoms with E-state index in [2.05, 4.69) is 10.3 Å². The van der Waals surface area contributed by atoms with Gasteiger partial charge in [-0.15, -0.1) is 0 Å². The van der Waals surface area contributed by atoms with Crippen LogP contribution in [-0.2, 0) is 9.59 Å². The topological polar surface area (TPSA) is 83.4 Å². The number of carbonyl (C=O) groups is 2. The predicted molar refractivity (Wildman–Crippen MR) is 148 cm³/mol. The van der Waals surface area contributed by atoms with Gasteiger partial charge in [-0.3, -0.25) is 9.59 Å². The highest BCUT2D eigenvalue weighted by atomic mass is 32.2. The SMILES string of the molecule is COc1ccc([C@H]2CC(c3ccc(F)cc3)=NN2C2=NC(=O)[C@@H](CC(=O)Nc3ccc(C)c(C)c3)S2)cc1. The monoisotopic (exact) mass is 530 g/mol. The molecule has 9 heteroatoms. The summed E-state index contributed by atoms with van der Waals surface area (Å²) in [6, 6.07) is 19.3. The molecule has 2 amide bonds. The van der Waals surface area contributed by atoms with Crippen LogP contribution >= 0.6 is 11.8 Å². The molecule has 3 aromatic carbocycles. The minimum Gasteiger partial charge on any atom is -0.497 e. The number of anilines is 1. The van der Waals surface area contributed by atoms with E-state index in [0.29, 0.717) is 17.3 Å². The molecule has 0 spiro atoms. The first kappa shape index (κ1) is 25.7. The number of hydrogen-bond acceptors (Lipinski definition) is 6. The van der Waals surface area contributed by atoms with Crippen LogP contribution in [0.2, 0.25) is 0 Å². The highest BCUT2D eigenvalue weighted by Gasteiger charge is 2.39. The average Bonchev–Trinajstić information content (AvgIpc) is 3.50. The number of aliphatic imine (C=N–C) groups is 1. The van der Waals surface area contributed by atoms with Gasteiger partial charge in [-0.1, -0.05) is 42.1 Å². The zero-order valence-corrected chi connectivity index (χ0v) is 22.1. The summed E-state index contributed by atoms with van der Waals surface area (Å²) < 4.78 is 18.8. The molecule has 7 nitrogen and oxygen atoms in total. The highest BCUT2D eigenvalue weighted by Crippen LogP contribution is 2.39. The second-order valence-electron chi connectivity index (χ2n) is 9.28. The van der Waals surface area contributed by atoms with E-state index in [1.165, 1.54) is 23.9 Å². The van der Waals surface area contributed by atoms with Gasteiger partial charge < -0.3 is 10.1 Å². The van der Waals surface area contributed by atoms with Crippen LogP contribution in [0, 0.1) is 19.7 Å². The summed E-state index contributed by atoms with van der Waals surface area (Å²) in [4.78, 5) is 29.8. The van der Waals surface area contributed by atoms with Gasteiger partial charge in [0, 0.05) is 18.5 Å². The van der Waals surface area contributed by atoms with Crippen LogP contribution in [0.25, 0.3) is 0 Å². The lowest BCUT2D eigenvalue weighted by atomic mass is 9.98. The first-order chi connectivity index (χ1) is 18.3. The molecule has 38 heavy (non-hydrogen) atoms. The molecule has 0 bridgehead atoms. The molecule has 1 N–H and O–H groups in total. The van der Waals surface area contributed by atoms with Crippen LogP contribution in [0.15, 0.2) is 76.8 Å². The third kappa shape index (κ3) is 5.47. The third-order valence-electron chi connectivity index (χ3n) is 6.67. The summed E-state index contributed by atoms with van der Waals surface area (Å²) in [7, 11) is 1.61. The molecule has 0 saturated carbocycles. The van der Waals surface area contributed by atoms with Crippen molar-refractivity contribution < 1.29 is 18.7 Å².